The number of hydrogen-bond donors (Lipinski definition) is 1. The third-order valence-corrected chi connectivity index (χ3v) is 4.91. The van der Waals surface area contributed by atoms with Crippen molar-refractivity contribution in [3.8, 4) is 0 Å². The maximum Gasteiger partial charge on any atom is 0.136 e. The van der Waals surface area contributed by atoms with Crippen LogP contribution in [0, 0.1) is 6.92 Å². The van der Waals surface area contributed by atoms with Gasteiger partial charge in [0.05, 0.1) is 23.6 Å². The molecule has 21 heavy (non-hydrogen) atoms. The Kier molecular flexibility index (Phi) is 7.06. The summed E-state index contributed by atoms with van der Waals surface area (Å²) >= 11 is -1.13. The predicted molar refractivity (Wildman–Crippen MR) is 88.3 cm³/mol. The second-order valence-electron chi connectivity index (χ2n) is 6.32. The molecule has 0 saturated heterocycles. The highest BCUT2D eigenvalue weighted by Crippen LogP contribution is 2.21. The van der Waals surface area contributed by atoms with Crippen molar-refractivity contribution in [2.75, 3.05) is 20.1 Å². The molecule has 0 fully saturated rings. The Labute approximate surface area is 131 Å². The maximum atomic E-state index is 12.4. The second-order valence-corrected chi connectivity index (χ2v) is 8.32. The molecule has 0 aliphatic carbocycles. The number of aryl methyl sites for hydroxylation is 1. The molecule has 1 aromatic heterocycles. The van der Waals surface area contributed by atoms with E-state index in [1.807, 2.05) is 27.7 Å². The van der Waals surface area contributed by atoms with Crippen molar-refractivity contribution in [3.05, 3.63) is 23.8 Å². The van der Waals surface area contributed by atoms with Crippen LogP contribution in [0.4, 0.5) is 0 Å². The summed E-state index contributed by atoms with van der Waals surface area (Å²) in [7, 11) is 2.08. The Hall–Kier alpha value is -0.690. The first-order valence-corrected chi connectivity index (χ1v) is 8.54. The Morgan fingerprint density at radius 2 is 2.00 bits per heavy atom. The van der Waals surface area contributed by atoms with Gasteiger partial charge in [0.15, 0.2) is 0 Å². The van der Waals surface area contributed by atoms with Crippen LogP contribution in [-0.2, 0) is 11.4 Å². The van der Waals surface area contributed by atoms with E-state index in [1.165, 1.54) is 0 Å². The molecule has 2 atom stereocenters. The van der Waals surface area contributed by atoms with E-state index in [9.17, 15) is 4.55 Å². The molecule has 0 aromatic carbocycles. The van der Waals surface area contributed by atoms with Gasteiger partial charge in [0.1, 0.15) is 4.75 Å². The highest BCUT2D eigenvalue weighted by molar-refractivity contribution is 7.90. The minimum absolute atomic E-state index is 0.0489. The van der Waals surface area contributed by atoms with Gasteiger partial charge in [0.25, 0.3) is 0 Å². The quantitative estimate of drug-likeness (QED) is 0.782. The zero-order chi connectivity index (χ0) is 16.0. The number of hydrogen-bond acceptors (Lipinski definition) is 5. The van der Waals surface area contributed by atoms with Gasteiger partial charge in [-0.05, 0) is 54.3 Å². The fourth-order valence-corrected chi connectivity index (χ4v) is 2.51. The van der Waals surface area contributed by atoms with Gasteiger partial charge >= 0.3 is 0 Å². The zero-order valence-corrected chi connectivity index (χ0v) is 14.8. The number of aromatic nitrogens is 2. The smallest absolute Gasteiger partial charge is 0.136 e. The summed E-state index contributed by atoms with van der Waals surface area (Å²) in [4.78, 5) is 11.0. The van der Waals surface area contributed by atoms with E-state index in [4.69, 9.17) is 0 Å². The van der Waals surface area contributed by atoms with Crippen LogP contribution in [0.2, 0.25) is 0 Å². The standard InChI is InChI=1S/C15H28N4OS/c1-7-19(6)9-8-13(18-21(20)15(3,4)5)14-11-16-12(2)10-17-14/h10-11,13,18H,7-9H2,1-6H3. The Bertz CT molecular complexity index is 419. The van der Waals surface area contributed by atoms with Crippen molar-refractivity contribution in [2.45, 2.75) is 51.8 Å². The SMILES string of the molecule is CCN(C)CCC(N[S+]([O-])C(C)(C)C)c1cnc(C)cn1. The van der Waals surface area contributed by atoms with Crippen LogP contribution >= 0.6 is 0 Å². The zero-order valence-electron chi connectivity index (χ0n) is 14.0. The molecular formula is C15H28N4OS. The molecule has 1 heterocycles. The molecule has 5 nitrogen and oxygen atoms in total. The fraction of sp³-hybridized carbons (Fsp3) is 0.733. The first-order valence-electron chi connectivity index (χ1n) is 7.39. The second kappa shape index (κ2) is 8.08. The third kappa shape index (κ3) is 6.30. The minimum atomic E-state index is -1.13. The summed E-state index contributed by atoms with van der Waals surface area (Å²) in [5, 5.41) is 0. The molecule has 0 bridgehead atoms. The highest BCUT2D eigenvalue weighted by Gasteiger charge is 2.30. The summed E-state index contributed by atoms with van der Waals surface area (Å²) in [5.41, 5.74) is 1.74. The van der Waals surface area contributed by atoms with E-state index in [-0.39, 0.29) is 10.8 Å². The lowest BCUT2D eigenvalue weighted by Gasteiger charge is -2.28. The van der Waals surface area contributed by atoms with Crippen molar-refractivity contribution in [3.63, 3.8) is 0 Å². The van der Waals surface area contributed by atoms with Crippen LogP contribution < -0.4 is 4.72 Å². The molecule has 1 aromatic rings. The number of rotatable bonds is 7. The first kappa shape index (κ1) is 18.4. The monoisotopic (exact) mass is 312 g/mol. The average Bonchev–Trinajstić information content (AvgIpc) is 2.42. The van der Waals surface area contributed by atoms with Crippen LogP contribution in [0.5, 0.6) is 0 Å². The number of nitrogens with zero attached hydrogens (tertiary/aromatic N) is 3. The van der Waals surface area contributed by atoms with E-state index < -0.39 is 11.4 Å². The van der Waals surface area contributed by atoms with Crippen LogP contribution in [0.15, 0.2) is 12.4 Å². The van der Waals surface area contributed by atoms with Gasteiger partial charge in [0, 0.05) is 17.6 Å². The van der Waals surface area contributed by atoms with Crippen LogP contribution in [0.25, 0.3) is 0 Å². The molecule has 2 unspecified atom stereocenters. The molecule has 0 saturated carbocycles. The van der Waals surface area contributed by atoms with Gasteiger partial charge in [0.2, 0.25) is 0 Å². The molecule has 120 valence electrons. The topological polar surface area (TPSA) is 64.1 Å². The first-order chi connectivity index (χ1) is 9.74. The lowest BCUT2D eigenvalue weighted by molar-refractivity contribution is 0.328. The van der Waals surface area contributed by atoms with Gasteiger partial charge in [-0.2, -0.15) is 0 Å². The molecule has 0 amide bonds. The molecule has 0 spiro atoms. The third-order valence-electron chi connectivity index (χ3n) is 3.30. The molecule has 6 heteroatoms. The molecule has 0 radical (unpaired) electrons. The lowest BCUT2D eigenvalue weighted by atomic mass is 10.1. The van der Waals surface area contributed by atoms with Crippen molar-refractivity contribution >= 4 is 11.4 Å². The summed E-state index contributed by atoms with van der Waals surface area (Å²) < 4.78 is 15.3. The largest absolute Gasteiger partial charge is 0.598 e. The number of nitrogens with one attached hydrogen (secondary N) is 1. The lowest BCUT2D eigenvalue weighted by Crippen LogP contribution is -2.42. The Balaban J connectivity index is 2.81. The van der Waals surface area contributed by atoms with Crippen molar-refractivity contribution in [1.29, 1.82) is 0 Å². The molecular weight excluding hydrogens is 284 g/mol. The van der Waals surface area contributed by atoms with E-state index in [1.54, 1.807) is 12.4 Å². The van der Waals surface area contributed by atoms with Crippen molar-refractivity contribution in [2.24, 2.45) is 0 Å². The van der Waals surface area contributed by atoms with Gasteiger partial charge < -0.3 is 9.45 Å². The van der Waals surface area contributed by atoms with Crippen molar-refractivity contribution in [1.82, 2.24) is 19.6 Å². The van der Waals surface area contributed by atoms with Gasteiger partial charge in [-0.15, -0.1) is 4.72 Å². The predicted octanol–water partition coefficient (Wildman–Crippen LogP) is 2.22. The Morgan fingerprint density at radius 1 is 1.33 bits per heavy atom. The van der Waals surface area contributed by atoms with Gasteiger partial charge in [-0.1, -0.05) is 6.92 Å². The Morgan fingerprint density at radius 3 is 2.48 bits per heavy atom. The maximum absolute atomic E-state index is 12.4. The normalized spacial score (nSPS) is 15.2. The molecule has 1 rings (SSSR count). The van der Waals surface area contributed by atoms with E-state index >= 15 is 0 Å². The average molecular weight is 312 g/mol. The molecule has 0 aliphatic heterocycles. The summed E-state index contributed by atoms with van der Waals surface area (Å²) in [6.45, 7) is 11.9. The minimum Gasteiger partial charge on any atom is -0.598 e. The summed E-state index contributed by atoms with van der Waals surface area (Å²) in [6, 6.07) is -0.0489. The van der Waals surface area contributed by atoms with Gasteiger partial charge in [-0.25, -0.2) is 0 Å². The van der Waals surface area contributed by atoms with E-state index in [0.717, 1.165) is 30.9 Å². The van der Waals surface area contributed by atoms with E-state index in [0.29, 0.717) is 0 Å². The summed E-state index contributed by atoms with van der Waals surface area (Å²) in [5.74, 6) is 0. The van der Waals surface area contributed by atoms with Crippen LogP contribution in [0.1, 0.15) is 51.5 Å². The van der Waals surface area contributed by atoms with Gasteiger partial charge in [-0.3, -0.25) is 9.97 Å². The van der Waals surface area contributed by atoms with Crippen LogP contribution in [0.3, 0.4) is 0 Å². The van der Waals surface area contributed by atoms with E-state index in [2.05, 4.69) is 33.6 Å². The fourth-order valence-electron chi connectivity index (χ4n) is 1.66. The summed E-state index contributed by atoms with van der Waals surface area (Å²) in [6.07, 6.45) is 4.39. The molecule has 1 N–H and O–H groups in total. The van der Waals surface area contributed by atoms with Crippen LogP contribution in [-0.4, -0.2) is 44.3 Å². The van der Waals surface area contributed by atoms with Crippen molar-refractivity contribution < 1.29 is 4.55 Å². The highest BCUT2D eigenvalue weighted by atomic mass is 32.2. The molecule has 0 aliphatic rings.